The van der Waals surface area contributed by atoms with E-state index < -0.39 is 0 Å². The Morgan fingerprint density at radius 3 is 2.50 bits per heavy atom. The van der Waals surface area contributed by atoms with Crippen molar-refractivity contribution in [2.45, 2.75) is 45.6 Å². The normalized spacial score (nSPS) is 11.9. The van der Waals surface area contributed by atoms with Crippen LogP contribution in [0.5, 0.6) is 0 Å². The fourth-order valence-corrected chi connectivity index (χ4v) is 3.56. The van der Waals surface area contributed by atoms with Crippen LogP contribution in [0.3, 0.4) is 0 Å². The van der Waals surface area contributed by atoms with Gasteiger partial charge in [-0.15, -0.1) is 11.3 Å². The second-order valence-corrected chi connectivity index (χ2v) is 5.78. The van der Waals surface area contributed by atoms with Gasteiger partial charge in [0.1, 0.15) is 0 Å². The summed E-state index contributed by atoms with van der Waals surface area (Å²) in [6.45, 7) is 6.67. The third-order valence-corrected chi connectivity index (χ3v) is 5.00. The Labute approximate surface area is 117 Å². The largest absolute Gasteiger partial charge is 0.293 e. The van der Waals surface area contributed by atoms with Crippen LogP contribution in [0.15, 0.2) is 17.5 Å². The number of thiophene rings is 1. The van der Waals surface area contributed by atoms with E-state index in [-0.39, 0.29) is 5.54 Å². The fraction of sp³-hybridized carbons (Fsp3) is 0.538. The molecule has 0 spiro atoms. The lowest BCUT2D eigenvalue weighted by Crippen LogP contribution is -2.32. The molecule has 0 fully saturated rings. The minimum absolute atomic E-state index is 0.0728. The van der Waals surface area contributed by atoms with Gasteiger partial charge in [0.05, 0.1) is 4.88 Å². The highest BCUT2D eigenvalue weighted by Crippen LogP contribution is 2.34. The van der Waals surface area contributed by atoms with Crippen LogP contribution in [-0.2, 0) is 5.54 Å². The highest BCUT2D eigenvalue weighted by Gasteiger charge is 2.30. The van der Waals surface area contributed by atoms with Crippen LogP contribution in [-0.4, -0.2) is 14.8 Å². The van der Waals surface area contributed by atoms with Crippen molar-refractivity contribution < 1.29 is 0 Å². The average molecular weight is 281 g/mol. The van der Waals surface area contributed by atoms with Gasteiger partial charge in [0, 0.05) is 5.54 Å². The Balaban J connectivity index is 2.63. The summed E-state index contributed by atoms with van der Waals surface area (Å²) < 4.78 is 2.94. The number of rotatable bonds is 5. The number of nitrogens with zero attached hydrogens (tertiary/aromatic N) is 2. The van der Waals surface area contributed by atoms with Crippen molar-refractivity contribution >= 4 is 23.6 Å². The summed E-state index contributed by atoms with van der Waals surface area (Å²) in [4.78, 5) is 1.17. The molecule has 0 aliphatic heterocycles. The Bertz CT molecular complexity index is 539. The van der Waals surface area contributed by atoms with E-state index in [1.54, 1.807) is 11.3 Å². The molecule has 0 radical (unpaired) electrons. The molecule has 5 heteroatoms. The summed E-state index contributed by atoms with van der Waals surface area (Å²) in [7, 11) is 0. The molecule has 1 N–H and O–H groups in total. The first-order valence-corrected chi connectivity index (χ1v) is 7.69. The maximum atomic E-state index is 5.44. The van der Waals surface area contributed by atoms with Crippen molar-refractivity contribution in [1.29, 1.82) is 0 Å². The lowest BCUT2D eigenvalue weighted by Gasteiger charge is -2.33. The van der Waals surface area contributed by atoms with E-state index in [4.69, 9.17) is 12.2 Å². The van der Waals surface area contributed by atoms with Gasteiger partial charge in [0.15, 0.2) is 10.6 Å². The zero-order chi connectivity index (χ0) is 13.2. The second kappa shape index (κ2) is 5.36. The maximum Gasteiger partial charge on any atom is 0.195 e. The standard InChI is InChI=1S/C13H19N3S2/c1-4-13(5-2,6-3)16-11(14-15-12(16)17)10-8-7-9-18-10/h7-9H,4-6H2,1-3H3,(H,15,17). The summed E-state index contributed by atoms with van der Waals surface area (Å²) in [6, 6.07) is 4.14. The fourth-order valence-electron chi connectivity index (χ4n) is 2.53. The highest BCUT2D eigenvalue weighted by atomic mass is 32.1. The summed E-state index contributed by atoms with van der Waals surface area (Å²) in [5, 5.41) is 9.45. The second-order valence-electron chi connectivity index (χ2n) is 4.45. The van der Waals surface area contributed by atoms with Gasteiger partial charge in [-0.1, -0.05) is 26.8 Å². The molecule has 3 nitrogen and oxygen atoms in total. The summed E-state index contributed by atoms with van der Waals surface area (Å²) >= 11 is 7.14. The van der Waals surface area contributed by atoms with Gasteiger partial charge in [-0.25, -0.2) is 0 Å². The summed E-state index contributed by atoms with van der Waals surface area (Å²) in [5.74, 6) is 0.973. The van der Waals surface area contributed by atoms with Crippen LogP contribution >= 0.6 is 23.6 Å². The number of hydrogen-bond acceptors (Lipinski definition) is 3. The number of hydrogen-bond donors (Lipinski definition) is 1. The Morgan fingerprint density at radius 1 is 1.33 bits per heavy atom. The predicted octanol–water partition coefficient (Wildman–Crippen LogP) is 4.59. The van der Waals surface area contributed by atoms with E-state index in [1.807, 2.05) is 6.07 Å². The van der Waals surface area contributed by atoms with Crippen molar-refractivity contribution in [3.63, 3.8) is 0 Å². The third-order valence-electron chi connectivity index (χ3n) is 3.86. The molecule has 0 saturated carbocycles. The zero-order valence-electron chi connectivity index (χ0n) is 11.1. The Kier molecular flexibility index (Phi) is 4.02. The predicted molar refractivity (Wildman–Crippen MR) is 79.6 cm³/mol. The topological polar surface area (TPSA) is 33.6 Å². The highest BCUT2D eigenvalue weighted by molar-refractivity contribution is 7.71. The minimum atomic E-state index is 0.0728. The van der Waals surface area contributed by atoms with Crippen molar-refractivity contribution in [3.8, 4) is 10.7 Å². The number of H-pyrrole nitrogens is 1. The van der Waals surface area contributed by atoms with Crippen molar-refractivity contribution in [3.05, 3.63) is 22.3 Å². The Hall–Kier alpha value is -0.940. The van der Waals surface area contributed by atoms with Crippen LogP contribution in [0.1, 0.15) is 40.0 Å². The van der Waals surface area contributed by atoms with E-state index in [0.717, 1.165) is 29.9 Å². The molecular formula is C13H19N3S2. The average Bonchev–Trinajstić information content (AvgIpc) is 3.03. The molecule has 0 aliphatic carbocycles. The monoisotopic (exact) mass is 281 g/mol. The van der Waals surface area contributed by atoms with Gasteiger partial charge in [-0.2, -0.15) is 5.10 Å². The lowest BCUT2D eigenvalue weighted by atomic mass is 9.89. The van der Waals surface area contributed by atoms with Gasteiger partial charge in [-0.3, -0.25) is 9.67 Å². The summed E-state index contributed by atoms with van der Waals surface area (Å²) in [5.41, 5.74) is 0.0728. The van der Waals surface area contributed by atoms with Crippen molar-refractivity contribution in [1.82, 2.24) is 14.8 Å². The minimum Gasteiger partial charge on any atom is -0.293 e. The lowest BCUT2D eigenvalue weighted by molar-refractivity contribution is 0.250. The third kappa shape index (κ3) is 2.06. The molecular weight excluding hydrogens is 262 g/mol. The maximum absolute atomic E-state index is 5.44. The quantitative estimate of drug-likeness (QED) is 0.813. The van der Waals surface area contributed by atoms with Gasteiger partial charge >= 0.3 is 0 Å². The number of aromatic amines is 1. The molecule has 2 aromatic heterocycles. The molecule has 0 saturated heterocycles. The smallest absolute Gasteiger partial charge is 0.195 e. The first kappa shape index (κ1) is 13.5. The van der Waals surface area contributed by atoms with E-state index in [1.165, 1.54) is 4.88 Å². The van der Waals surface area contributed by atoms with Crippen LogP contribution in [0.4, 0.5) is 0 Å². The summed E-state index contributed by atoms with van der Waals surface area (Å²) in [6.07, 6.45) is 3.19. The Morgan fingerprint density at radius 2 is 2.00 bits per heavy atom. The SMILES string of the molecule is CCC(CC)(CC)n1c(-c2cccs2)n[nH]c1=S. The number of nitrogens with one attached hydrogen (secondary N) is 1. The van der Waals surface area contributed by atoms with Gasteiger partial charge < -0.3 is 0 Å². The van der Waals surface area contributed by atoms with Crippen LogP contribution in [0.25, 0.3) is 10.7 Å². The molecule has 0 unspecified atom stereocenters. The molecule has 0 atom stereocenters. The van der Waals surface area contributed by atoms with E-state index in [2.05, 4.69) is 47.0 Å². The van der Waals surface area contributed by atoms with E-state index in [0.29, 0.717) is 0 Å². The van der Waals surface area contributed by atoms with Crippen molar-refractivity contribution in [2.75, 3.05) is 0 Å². The van der Waals surface area contributed by atoms with Crippen LogP contribution in [0, 0.1) is 4.77 Å². The van der Waals surface area contributed by atoms with Crippen molar-refractivity contribution in [2.24, 2.45) is 0 Å². The van der Waals surface area contributed by atoms with Gasteiger partial charge in [-0.05, 0) is 42.9 Å². The first-order valence-electron chi connectivity index (χ1n) is 6.40. The molecule has 0 amide bonds. The molecule has 2 heterocycles. The van der Waals surface area contributed by atoms with Gasteiger partial charge in [0.2, 0.25) is 0 Å². The van der Waals surface area contributed by atoms with E-state index in [9.17, 15) is 0 Å². The first-order chi connectivity index (χ1) is 8.68. The molecule has 0 aromatic carbocycles. The van der Waals surface area contributed by atoms with Gasteiger partial charge in [0.25, 0.3) is 0 Å². The molecule has 2 rings (SSSR count). The molecule has 2 aromatic rings. The zero-order valence-corrected chi connectivity index (χ0v) is 12.7. The number of aromatic nitrogens is 3. The van der Waals surface area contributed by atoms with Crippen LogP contribution < -0.4 is 0 Å². The molecule has 0 aliphatic rings. The molecule has 98 valence electrons. The van der Waals surface area contributed by atoms with E-state index >= 15 is 0 Å². The molecule has 18 heavy (non-hydrogen) atoms. The van der Waals surface area contributed by atoms with Crippen LogP contribution in [0.2, 0.25) is 0 Å². The molecule has 0 bridgehead atoms.